The van der Waals surface area contributed by atoms with Gasteiger partial charge in [0.15, 0.2) is 0 Å². The number of piperidine rings is 1. The predicted octanol–water partition coefficient (Wildman–Crippen LogP) is 3.51. The van der Waals surface area contributed by atoms with Gasteiger partial charge in [-0.05, 0) is 54.0 Å². The Morgan fingerprint density at radius 3 is 2.56 bits per heavy atom. The average Bonchev–Trinajstić information content (AvgIpc) is 3.09. The van der Waals surface area contributed by atoms with Crippen LogP contribution < -0.4 is 5.32 Å². The lowest BCUT2D eigenvalue weighted by atomic mass is 9.63. The molecule has 1 unspecified atom stereocenters. The zero-order valence-corrected chi connectivity index (χ0v) is 19.5. The summed E-state index contributed by atoms with van der Waals surface area (Å²) in [4.78, 5) is 44.3. The number of pyridine rings is 1. The van der Waals surface area contributed by atoms with Crippen LogP contribution in [0.2, 0.25) is 0 Å². The maximum absolute atomic E-state index is 13.7. The van der Waals surface area contributed by atoms with E-state index in [9.17, 15) is 27.6 Å². The Labute approximate surface area is 205 Å². The molecule has 3 aliphatic heterocycles. The number of benzene rings is 1. The van der Waals surface area contributed by atoms with Crippen molar-refractivity contribution >= 4 is 17.7 Å². The highest BCUT2D eigenvalue weighted by atomic mass is 19.4. The van der Waals surface area contributed by atoms with Gasteiger partial charge in [-0.3, -0.25) is 29.6 Å². The Bertz CT molecular complexity index is 1280. The number of nitrogens with one attached hydrogen (secondary N) is 1. The third-order valence-corrected chi connectivity index (χ3v) is 8.04. The van der Waals surface area contributed by atoms with Gasteiger partial charge in [0.05, 0.1) is 11.3 Å². The van der Waals surface area contributed by atoms with E-state index in [1.807, 2.05) is 0 Å². The minimum atomic E-state index is -4.49. The predicted molar refractivity (Wildman–Crippen MR) is 122 cm³/mol. The highest BCUT2D eigenvalue weighted by Crippen LogP contribution is 2.49. The molecule has 3 amide bonds. The van der Waals surface area contributed by atoms with E-state index in [1.165, 1.54) is 17.4 Å². The standard InChI is InChI=1S/C26H25F3N4O3/c27-26(28,29)19-10-30-20(9-17(19)11-32-13-25(14-32)6-1-7-25)15-2-3-18-16(8-15)12-33(24(18)36)21-4-5-22(34)31-23(21)35/h2-3,8-10,21H,1,4-7,11-14H2,(H,31,34,35). The van der Waals surface area contributed by atoms with Crippen molar-refractivity contribution in [3.8, 4) is 11.3 Å². The van der Waals surface area contributed by atoms with Crippen LogP contribution in [0.25, 0.3) is 11.3 Å². The second kappa shape index (κ2) is 8.12. The van der Waals surface area contributed by atoms with Gasteiger partial charge in [-0.1, -0.05) is 12.5 Å². The molecule has 2 aromatic rings. The Hall–Kier alpha value is -3.27. The van der Waals surface area contributed by atoms with Crippen molar-refractivity contribution in [3.63, 3.8) is 0 Å². The van der Waals surface area contributed by atoms with Crippen LogP contribution in [0.5, 0.6) is 0 Å². The van der Waals surface area contributed by atoms with Crippen LogP contribution in [0.3, 0.4) is 0 Å². The first-order valence-electron chi connectivity index (χ1n) is 12.2. The molecule has 1 saturated carbocycles. The summed E-state index contributed by atoms with van der Waals surface area (Å²) in [6.07, 6.45) is 0.339. The summed E-state index contributed by atoms with van der Waals surface area (Å²) in [5, 5.41) is 2.27. The van der Waals surface area contributed by atoms with E-state index >= 15 is 0 Å². The topological polar surface area (TPSA) is 82.6 Å². The second-order valence-corrected chi connectivity index (χ2v) is 10.5. The minimum absolute atomic E-state index is 0.165. The highest BCUT2D eigenvalue weighted by Gasteiger charge is 2.47. The Morgan fingerprint density at radius 1 is 1.11 bits per heavy atom. The Kier molecular flexibility index (Phi) is 5.22. The fourth-order valence-electron chi connectivity index (χ4n) is 6.02. The van der Waals surface area contributed by atoms with Gasteiger partial charge >= 0.3 is 6.18 Å². The summed E-state index contributed by atoms with van der Waals surface area (Å²) in [5.41, 5.74) is 1.94. The molecule has 0 radical (unpaired) electrons. The normalized spacial score (nSPS) is 23.4. The molecule has 36 heavy (non-hydrogen) atoms. The summed E-state index contributed by atoms with van der Waals surface area (Å²) < 4.78 is 41.2. The smallest absolute Gasteiger partial charge is 0.322 e. The van der Waals surface area contributed by atoms with Crippen molar-refractivity contribution in [3.05, 3.63) is 52.7 Å². The zero-order valence-electron chi connectivity index (χ0n) is 19.5. The van der Waals surface area contributed by atoms with Crippen molar-refractivity contribution in [2.75, 3.05) is 13.1 Å². The summed E-state index contributed by atoms with van der Waals surface area (Å²) in [5.74, 6) is -1.14. The summed E-state index contributed by atoms with van der Waals surface area (Å²) in [6, 6.07) is 5.85. The summed E-state index contributed by atoms with van der Waals surface area (Å²) >= 11 is 0. The van der Waals surface area contributed by atoms with Crippen molar-refractivity contribution in [1.29, 1.82) is 0 Å². The molecule has 1 spiro atoms. The van der Waals surface area contributed by atoms with E-state index in [0.717, 1.165) is 32.1 Å². The molecule has 0 bridgehead atoms. The number of carbonyl (C=O) groups is 3. The number of fused-ring (bicyclic) bond motifs is 1. The number of rotatable bonds is 4. The lowest BCUT2D eigenvalue weighted by Gasteiger charge is -2.56. The number of hydrogen-bond donors (Lipinski definition) is 1. The van der Waals surface area contributed by atoms with Crippen LogP contribution in [-0.2, 0) is 28.9 Å². The number of imide groups is 1. The highest BCUT2D eigenvalue weighted by molar-refractivity contribution is 6.05. The van der Waals surface area contributed by atoms with Gasteiger partial charge in [0.25, 0.3) is 5.91 Å². The van der Waals surface area contributed by atoms with Crippen LogP contribution in [0, 0.1) is 5.41 Å². The van der Waals surface area contributed by atoms with E-state index in [2.05, 4.69) is 15.2 Å². The molecule has 4 aliphatic rings. The molecule has 6 rings (SSSR count). The SMILES string of the molecule is O=C1CCC(N2Cc3cc(-c4cc(CN5CC6(CCC6)C5)c(C(F)(F)F)cn4)ccc3C2=O)C(=O)N1. The molecule has 4 heterocycles. The van der Waals surface area contributed by atoms with Gasteiger partial charge < -0.3 is 4.90 Å². The molecule has 1 aromatic heterocycles. The van der Waals surface area contributed by atoms with Crippen molar-refractivity contribution in [2.24, 2.45) is 5.41 Å². The maximum atomic E-state index is 13.7. The largest absolute Gasteiger partial charge is 0.418 e. The number of halogens is 3. The molecule has 7 nitrogen and oxygen atoms in total. The summed E-state index contributed by atoms with van der Waals surface area (Å²) in [7, 11) is 0. The van der Waals surface area contributed by atoms with Crippen LogP contribution >= 0.6 is 0 Å². The molecule has 2 saturated heterocycles. The molecule has 3 fully saturated rings. The van der Waals surface area contributed by atoms with Crippen molar-refractivity contribution < 1.29 is 27.6 Å². The fraction of sp³-hybridized carbons (Fsp3) is 0.462. The number of alkyl halides is 3. The molecule has 1 aromatic carbocycles. The second-order valence-electron chi connectivity index (χ2n) is 10.5. The quantitative estimate of drug-likeness (QED) is 0.653. The van der Waals surface area contributed by atoms with Gasteiger partial charge in [-0.2, -0.15) is 13.2 Å². The van der Waals surface area contributed by atoms with E-state index in [4.69, 9.17) is 0 Å². The van der Waals surface area contributed by atoms with Gasteiger partial charge in [0.1, 0.15) is 6.04 Å². The first kappa shape index (κ1) is 23.1. The van der Waals surface area contributed by atoms with Crippen molar-refractivity contribution in [2.45, 2.75) is 57.4 Å². The molecule has 1 aliphatic carbocycles. The number of aromatic nitrogens is 1. The number of likely N-dealkylation sites (tertiary alicyclic amines) is 1. The summed E-state index contributed by atoms with van der Waals surface area (Å²) in [6.45, 7) is 2.08. The lowest BCUT2D eigenvalue weighted by Crippen LogP contribution is -2.59. The molecule has 1 atom stereocenters. The number of carbonyl (C=O) groups excluding carboxylic acids is 3. The first-order chi connectivity index (χ1) is 17.1. The molecular formula is C26H25F3N4O3. The lowest BCUT2D eigenvalue weighted by molar-refractivity contribution is -0.139. The third kappa shape index (κ3) is 3.87. The number of hydrogen-bond acceptors (Lipinski definition) is 5. The monoisotopic (exact) mass is 498 g/mol. The van der Waals surface area contributed by atoms with Crippen LogP contribution in [0.4, 0.5) is 13.2 Å². The zero-order chi connectivity index (χ0) is 25.2. The molecular weight excluding hydrogens is 473 g/mol. The maximum Gasteiger partial charge on any atom is 0.418 e. The van der Waals surface area contributed by atoms with Gasteiger partial charge in [-0.15, -0.1) is 0 Å². The Morgan fingerprint density at radius 2 is 1.89 bits per heavy atom. The number of nitrogens with zero attached hydrogens (tertiary/aromatic N) is 3. The van der Waals surface area contributed by atoms with Crippen molar-refractivity contribution in [1.82, 2.24) is 20.1 Å². The minimum Gasteiger partial charge on any atom is -0.322 e. The van der Waals surface area contributed by atoms with E-state index in [1.54, 1.807) is 18.2 Å². The molecule has 1 N–H and O–H groups in total. The van der Waals surface area contributed by atoms with Gasteiger partial charge in [-0.25, -0.2) is 0 Å². The molecule has 10 heteroatoms. The van der Waals surface area contributed by atoms with Crippen LogP contribution in [0.1, 0.15) is 59.2 Å². The fourth-order valence-corrected chi connectivity index (χ4v) is 6.02. The van der Waals surface area contributed by atoms with Crippen LogP contribution in [-0.4, -0.2) is 51.6 Å². The molecule has 188 valence electrons. The number of amides is 3. The first-order valence-corrected chi connectivity index (χ1v) is 12.2. The van der Waals surface area contributed by atoms with Crippen LogP contribution in [0.15, 0.2) is 30.5 Å². The average molecular weight is 499 g/mol. The Balaban J connectivity index is 1.26. The van der Waals surface area contributed by atoms with Gasteiger partial charge in [0, 0.05) is 49.9 Å². The van der Waals surface area contributed by atoms with E-state index in [0.29, 0.717) is 27.8 Å². The third-order valence-electron chi connectivity index (χ3n) is 8.04. The van der Waals surface area contributed by atoms with E-state index in [-0.39, 0.29) is 43.3 Å². The van der Waals surface area contributed by atoms with Gasteiger partial charge in [0.2, 0.25) is 11.8 Å². The van der Waals surface area contributed by atoms with E-state index < -0.39 is 23.7 Å².